The molecular weight excluding hydrogens is 344 g/mol. The number of amides is 1. The van der Waals surface area contributed by atoms with Gasteiger partial charge in [-0.25, -0.2) is 4.79 Å². The van der Waals surface area contributed by atoms with E-state index >= 15 is 0 Å². The highest BCUT2D eigenvalue weighted by Gasteiger charge is 2.21. The summed E-state index contributed by atoms with van der Waals surface area (Å²) in [6, 6.07) is 10.0. The van der Waals surface area contributed by atoms with Crippen LogP contribution < -0.4 is 5.32 Å². The number of aromatic nitrogens is 1. The molecule has 0 saturated carbocycles. The Morgan fingerprint density at radius 2 is 1.85 bits per heavy atom. The molecule has 2 rings (SSSR count). The number of aliphatic hydroxyl groups is 1. The summed E-state index contributed by atoms with van der Waals surface area (Å²) in [5.41, 5.74) is 3.53. The molecular formula is C21H28N2O4. The van der Waals surface area contributed by atoms with Crippen LogP contribution in [-0.2, 0) is 16.0 Å². The molecule has 0 bridgehead atoms. The predicted molar refractivity (Wildman–Crippen MR) is 104 cm³/mol. The maximum absolute atomic E-state index is 12.2. The summed E-state index contributed by atoms with van der Waals surface area (Å²) < 4.78 is 5.12. The normalized spacial score (nSPS) is 13.1. The van der Waals surface area contributed by atoms with Gasteiger partial charge in [-0.05, 0) is 51.7 Å². The largest absolute Gasteiger partial charge is 0.451 e. The molecule has 0 aliphatic rings. The van der Waals surface area contributed by atoms with Crippen LogP contribution in [-0.4, -0.2) is 34.6 Å². The van der Waals surface area contributed by atoms with Crippen LogP contribution in [0.1, 0.15) is 59.2 Å². The van der Waals surface area contributed by atoms with Crippen LogP contribution in [0.3, 0.4) is 0 Å². The van der Waals surface area contributed by atoms with Gasteiger partial charge in [0.15, 0.2) is 6.61 Å². The maximum atomic E-state index is 12.2. The van der Waals surface area contributed by atoms with Crippen LogP contribution in [0.25, 0.3) is 0 Å². The Morgan fingerprint density at radius 1 is 1.19 bits per heavy atom. The minimum Gasteiger partial charge on any atom is -0.451 e. The van der Waals surface area contributed by atoms with Gasteiger partial charge in [-0.2, -0.15) is 0 Å². The van der Waals surface area contributed by atoms with E-state index in [2.05, 4.69) is 22.4 Å². The molecule has 2 aromatic rings. The second kappa shape index (κ2) is 9.37. The van der Waals surface area contributed by atoms with Gasteiger partial charge in [-0.1, -0.05) is 30.3 Å². The fourth-order valence-corrected chi connectivity index (χ4v) is 3.22. The van der Waals surface area contributed by atoms with E-state index in [1.54, 1.807) is 20.8 Å². The van der Waals surface area contributed by atoms with Crippen molar-refractivity contribution in [3.05, 3.63) is 58.4 Å². The standard InChI is InChI=1S/C21H28N2O4/c1-13(10-11-17-8-6-5-7-9-17)22-18(25)12-27-21(26)20-14(2)19(16(4)24)15(3)23-20/h5-9,13,16,23-24H,10-12H2,1-4H3,(H,22,25)/t13-,16+/m0/s1. The number of carbonyl (C=O) groups is 2. The third kappa shape index (κ3) is 5.69. The van der Waals surface area contributed by atoms with E-state index in [0.717, 1.165) is 12.8 Å². The van der Waals surface area contributed by atoms with E-state index in [1.165, 1.54) is 5.56 Å². The summed E-state index contributed by atoms with van der Waals surface area (Å²) in [6.07, 6.45) is 0.984. The fraction of sp³-hybridized carbons (Fsp3) is 0.429. The zero-order chi connectivity index (χ0) is 20.0. The highest BCUT2D eigenvalue weighted by molar-refractivity contribution is 5.91. The number of aryl methyl sites for hydroxylation is 2. The van der Waals surface area contributed by atoms with Crippen molar-refractivity contribution >= 4 is 11.9 Å². The number of H-pyrrole nitrogens is 1. The van der Waals surface area contributed by atoms with Gasteiger partial charge < -0.3 is 20.1 Å². The van der Waals surface area contributed by atoms with Crippen molar-refractivity contribution in [1.82, 2.24) is 10.3 Å². The lowest BCUT2D eigenvalue weighted by Crippen LogP contribution is -2.36. The molecule has 0 aliphatic carbocycles. The summed E-state index contributed by atoms with van der Waals surface area (Å²) in [4.78, 5) is 27.2. The molecule has 6 nitrogen and oxygen atoms in total. The fourth-order valence-electron chi connectivity index (χ4n) is 3.22. The van der Waals surface area contributed by atoms with Crippen LogP contribution in [0.5, 0.6) is 0 Å². The molecule has 1 amide bonds. The zero-order valence-corrected chi connectivity index (χ0v) is 16.3. The average Bonchev–Trinajstić information content (AvgIpc) is 2.93. The number of carbonyl (C=O) groups excluding carboxylic acids is 2. The van der Waals surface area contributed by atoms with Gasteiger partial charge in [0, 0.05) is 17.3 Å². The number of ether oxygens (including phenoxy) is 1. The molecule has 0 radical (unpaired) electrons. The first-order valence-corrected chi connectivity index (χ1v) is 9.17. The minimum atomic E-state index is -0.684. The Morgan fingerprint density at radius 3 is 2.44 bits per heavy atom. The number of aliphatic hydroxyl groups excluding tert-OH is 1. The molecule has 2 atom stereocenters. The first kappa shape index (κ1) is 20.7. The van der Waals surface area contributed by atoms with Gasteiger partial charge in [-0.15, -0.1) is 0 Å². The molecule has 6 heteroatoms. The van der Waals surface area contributed by atoms with Crippen molar-refractivity contribution in [1.29, 1.82) is 0 Å². The number of hydrogen-bond donors (Lipinski definition) is 3. The Bertz CT molecular complexity index is 781. The van der Waals surface area contributed by atoms with Crippen LogP contribution in [0.15, 0.2) is 30.3 Å². The molecule has 1 aromatic carbocycles. The van der Waals surface area contributed by atoms with Gasteiger partial charge in [-0.3, -0.25) is 4.79 Å². The molecule has 0 fully saturated rings. The van der Waals surface area contributed by atoms with Crippen molar-refractivity contribution in [2.24, 2.45) is 0 Å². The van der Waals surface area contributed by atoms with E-state index in [1.807, 2.05) is 25.1 Å². The van der Waals surface area contributed by atoms with Gasteiger partial charge in [0.1, 0.15) is 5.69 Å². The van der Waals surface area contributed by atoms with Gasteiger partial charge >= 0.3 is 5.97 Å². The molecule has 1 heterocycles. The first-order valence-electron chi connectivity index (χ1n) is 9.17. The highest BCUT2D eigenvalue weighted by atomic mass is 16.5. The van der Waals surface area contributed by atoms with Crippen molar-refractivity contribution in [3.8, 4) is 0 Å². The zero-order valence-electron chi connectivity index (χ0n) is 16.3. The van der Waals surface area contributed by atoms with E-state index in [0.29, 0.717) is 16.8 Å². The summed E-state index contributed by atoms with van der Waals surface area (Å²) in [5.74, 6) is -0.935. The van der Waals surface area contributed by atoms with Crippen LogP contribution in [0.2, 0.25) is 0 Å². The molecule has 0 aliphatic heterocycles. The Balaban J connectivity index is 1.81. The summed E-state index contributed by atoms with van der Waals surface area (Å²) in [7, 11) is 0. The van der Waals surface area contributed by atoms with Gasteiger partial charge in [0.05, 0.1) is 6.10 Å². The maximum Gasteiger partial charge on any atom is 0.355 e. The van der Waals surface area contributed by atoms with E-state index < -0.39 is 12.1 Å². The van der Waals surface area contributed by atoms with Crippen molar-refractivity contribution in [3.63, 3.8) is 0 Å². The SMILES string of the molecule is Cc1[nH]c(C(=O)OCC(=O)N[C@@H](C)CCc2ccccc2)c(C)c1[C@@H](C)O. The Labute approximate surface area is 159 Å². The number of aromatic amines is 1. The molecule has 1 aromatic heterocycles. The smallest absolute Gasteiger partial charge is 0.355 e. The van der Waals surface area contributed by atoms with Crippen LogP contribution in [0, 0.1) is 13.8 Å². The van der Waals surface area contributed by atoms with Gasteiger partial charge in [0.25, 0.3) is 5.91 Å². The number of hydrogen-bond acceptors (Lipinski definition) is 4. The molecule has 0 spiro atoms. The first-order chi connectivity index (χ1) is 12.8. The van der Waals surface area contributed by atoms with E-state index in [9.17, 15) is 14.7 Å². The number of benzene rings is 1. The third-order valence-corrected chi connectivity index (χ3v) is 4.57. The Hall–Kier alpha value is -2.60. The lowest BCUT2D eigenvalue weighted by Gasteiger charge is -2.14. The predicted octanol–water partition coefficient (Wildman–Crippen LogP) is 2.98. The molecule has 0 saturated heterocycles. The molecule has 146 valence electrons. The number of rotatable bonds is 8. The molecule has 3 N–H and O–H groups in total. The lowest BCUT2D eigenvalue weighted by molar-refractivity contribution is -0.124. The molecule has 27 heavy (non-hydrogen) atoms. The quantitative estimate of drug-likeness (QED) is 0.621. The summed E-state index contributed by atoms with van der Waals surface area (Å²) in [6.45, 7) is 6.76. The van der Waals surface area contributed by atoms with E-state index in [-0.39, 0.29) is 24.2 Å². The number of esters is 1. The third-order valence-electron chi connectivity index (χ3n) is 4.57. The van der Waals surface area contributed by atoms with Crippen molar-refractivity contribution in [2.45, 2.75) is 52.7 Å². The summed E-state index contributed by atoms with van der Waals surface area (Å²) in [5, 5.41) is 12.6. The number of nitrogens with one attached hydrogen (secondary N) is 2. The van der Waals surface area contributed by atoms with E-state index in [4.69, 9.17) is 4.74 Å². The Kier molecular flexibility index (Phi) is 7.19. The molecule has 0 unspecified atom stereocenters. The van der Waals surface area contributed by atoms with Crippen LogP contribution >= 0.6 is 0 Å². The summed E-state index contributed by atoms with van der Waals surface area (Å²) >= 11 is 0. The topological polar surface area (TPSA) is 91.4 Å². The van der Waals surface area contributed by atoms with Crippen molar-refractivity contribution in [2.75, 3.05) is 6.61 Å². The monoisotopic (exact) mass is 372 g/mol. The second-order valence-corrected chi connectivity index (χ2v) is 6.91. The second-order valence-electron chi connectivity index (χ2n) is 6.91. The van der Waals surface area contributed by atoms with Gasteiger partial charge in [0.2, 0.25) is 0 Å². The minimum absolute atomic E-state index is 0.0206. The highest BCUT2D eigenvalue weighted by Crippen LogP contribution is 2.24. The average molecular weight is 372 g/mol. The van der Waals surface area contributed by atoms with Crippen LogP contribution in [0.4, 0.5) is 0 Å². The lowest BCUT2D eigenvalue weighted by atomic mass is 10.1. The van der Waals surface area contributed by atoms with Crippen molar-refractivity contribution < 1.29 is 19.4 Å².